The Bertz CT molecular complexity index is 849. The van der Waals surface area contributed by atoms with Crippen LogP contribution in [0.15, 0.2) is 25.0 Å². The standard InChI is InChI=1S/C16H23N5O5.C3H6O/c22-5-10-12(24)13(25)16(26-10)21-7-19-11-14(17-6-18-15(11)21)20-8-1-3-9(23)4-2-8;1-3(2)4/h6-10,12-13,16,22-25H,1-5H2,(H,17,18,20);4H,1H2,2H3/t8?,9?,10-,12+,13+,16-;/m1./s1. The Labute approximate surface area is 173 Å². The predicted molar refractivity (Wildman–Crippen MR) is 104 cm³/mol. The van der Waals surface area contributed by atoms with Crippen LogP contribution in [-0.2, 0) is 4.74 Å². The van der Waals surface area contributed by atoms with Gasteiger partial charge in [-0.3, -0.25) is 4.98 Å². The van der Waals surface area contributed by atoms with Crippen LogP contribution in [0.4, 0.5) is 5.82 Å². The summed E-state index contributed by atoms with van der Waals surface area (Å²) in [4.78, 5) is 11.7. The summed E-state index contributed by atoms with van der Waals surface area (Å²) < 4.78 is 7.17. The van der Waals surface area contributed by atoms with Crippen molar-refractivity contribution >= 4 is 17.0 Å². The minimum Gasteiger partial charge on any atom is -0.876 e. The number of anilines is 1. The van der Waals surface area contributed by atoms with E-state index < -0.39 is 24.5 Å². The van der Waals surface area contributed by atoms with Gasteiger partial charge in [0.05, 0.1) is 12.7 Å². The summed E-state index contributed by atoms with van der Waals surface area (Å²) >= 11 is 0. The van der Waals surface area contributed by atoms with Crippen molar-refractivity contribution in [3.8, 4) is 0 Å². The fourth-order valence-corrected chi connectivity index (χ4v) is 3.73. The minimum absolute atomic E-state index is 0.0833. The van der Waals surface area contributed by atoms with Gasteiger partial charge in [-0.2, -0.15) is 4.98 Å². The fourth-order valence-electron chi connectivity index (χ4n) is 3.73. The summed E-state index contributed by atoms with van der Waals surface area (Å²) in [6.07, 6.45) is 2.01. The minimum atomic E-state index is -1.18. The molecule has 2 aromatic rings. The molecular formula is C19H29N5O6. The number of aromatic amines is 1. The van der Waals surface area contributed by atoms with Gasteiger partial charge in [-0.05, 0) is 25.7 Å². The number of H-pyrrole nitrogens is 1. The van der Waals surface area contributed by atoms with Crippen molar-refractivity contribution in [1.29, 1.82) is 0 Å². The first-order chi connectivity index (χ1) is 14.3. The van der Waals surface area contributed by atoms with Gasteiger partial charge in [0.15, 0.2) is 18.5 Å². The molecule has 1 aliphatic heterocycles. The van der Waals surface area contributed by atoms with Crippen LogP contribution in [0.5, 0.6) is 0 Å². The topological polar surface area (TPSA) is 171 Å². The van der Waals surface area contributed by atoms with E-state index in [-0.39, 0.29) is 24.5 Å². The first kappa shape index (κ1) is 22.4. The Morgan fingerprint density at radius 1 is 1.27 bits per heavy atom. The molecule has 11 heteroatoms. The third-order valence-electron chi connectivity index (χ3n) is 5.25. The van der Waals surface area contributed by atoms with Crippen LogP contribution in [-0.4, -0.2) is 72.4 Å². The molecule has 0 unspecified atom stereocenters. The second-order valence-electron chi connectivity index (χ2n) is 7.68. The smallest absolute Gasteiger partial charge is 0.309 e. The number of rotatable bonds is 4. The molecule has 0 spiro atoms. The van der Waals surface area contributed by atoms with Gasteiger partial charge in [-0.25, -0.2) is 4.57 Å². The van der Waals surface area contributed by atoms with Gasteiger partial charge < -0.3 is 35.6 Å². The van der Waals surface area contributed by atoms with E-state index in [2.05, 4.69) is 26.8 Å². The van der Waals surface area contributed by atoms with Crippen molar-refractivity contribution < 1.29 is 34.8 Å². The van der Waals surface area contributed by atoms with Crippen LogP contribution in [0.1, 0.15) is 38.8 Å². The van der Waals surface area contributed by atoms with Crippen LogP contribution in [0, 0.1) is 0 Å². The number of nitrogens with one attached hydrogen (secondary N) is 2. The van der Waals surface area contributed by atoms with Gasteiger partial charge in [0, 0.05) is 6.04 Å². The summed E-state index contributed by atoms with van der Waals surface area (Å²) in [7, 11) is 0. The highest BCUT2D eigenvalue weighted by Gasteiger charge is 2.46. The lowest BCUT2D eigenvalue weighted by Gasteiger charge is -2.26. The molecule has 0 radical (unpaired) electrons. The van der Waals surface area contributed by atoms with Crippen LogP contribution in [0.3, 0.4) is 0 Å². The summed E-state index contributed by atoms with van der Waals surface area (Å²) in [5.41, 5.74) is 1.18. The maximum atomic E-state index is 10.2. The summed E-state index contributed by atoms with van der Waals surface area (Å²) in [5, 5.41) is 51.8. The van der Waals surface area contributed by atoms with E-state index in [0.717, 1.165) is 25.7 Å². The second kappa shape index (κ2) is 9.67. The first-order valence-electron chi connectivity index (χ1n) is 9.94. The number of hydrogen-bond donors (Lipinski definition) is 6. The molecule has 2 aromatic heterocycles. The van der Waals surface area contributed by atoms with Crippen LogP contribution in [0.2, 0.25) is 0 Å². The predicted octanol–water partition coefficient (Wildman–Crippen LogP) is -1.55. The van der Waals surface area contributed by atoms with Crippen molar-refractivity contribution in [1.82, 2.24) is 15.0 Å². The molecule has 166 valence electrons. The molecule has 1 saturated carbocycles. The zero-order chi connectivity index (χ0) is 21.8. The highest BCUT2D eigenvalue weighted by Crippen LogP contribution is 2.28. The van der Waals surface area contributed by atoms with Crippen molar-refractivity contribution in [3.05, 3.63) is 25.0 Å². The molecule has 30 heavy (non-hydrogen) atoms. The van der Waals surface area contributed by atoms with E-state index in [1.54, 1.807) is 10.9 Å². The number of nitrogens with zero attached hydrogens (tertiary/aromatic N) is 3. The lowest BCUT2D eigenvalue weighted by Crippen LogP contribution is -2.45. The van der Waals surface area contributed by atoms with Gasteiger partial charge in [-0.1, -0.05) is 11.9 Å². The molecule has 11 nitrogen and oxygen atoms in total. The maximum Gasteiger partial charge on any atom is 0.309 e. The van der Waals surface area contributed by atoms with E-state index in [1.165, 1.54) is 13.3 Å². The quantitative estimate of drug-likeness (QED) is 0.252. The lowest BCUT2D eigenvalue weighted by molar-refractivity contribution is -0.745. The van der Waals surface area contributed by atoms with E-state index in [4.69, 9.17) is 4.74 Å². The van der Waals surface area contributed by atoms with Crippen molar-refractivity contribution in [2.45, 2.75) is 69.3 Å². The van der Waals surface area contributed by atoms with E-state index in [1.807, 2.05) is 0 Å². The van der Waals surface area contributed by atoms with Gasteiger partial charge in [0.2, 0.25) is 11.7 Å². The molecule has 2 fully saturated rings. The average Bonchev–Trinajstić information content (AvgIpc) is 3.25. The Balaban J connectivity index is 0.000000589. The molecule has 3 heterocycles. The number of hydrogen-bond acceptors (Lipinski definition) is 9. The van der Waals surface area contributed by atoms with Crippen molar-refractivity contribution in [2.24, 2.45) is 0 Å². The Kier molecular flexibility index (Phi) is 7.21. The van der Waals surface area contributed by atoms with E-state index in [0.29, 0.717) is 17.0 Å². The number of imidazole rings is 1. The molecule has 1 saturated heterocycles. The summed E-state index contributed by atoms with van der Waals surface area (Å²) in [5.74, 6) is 0.557. The van der Waals surface area contributed by atoms with Crippen molar-refractivity contribution in [2.75, 3.05) is 11.9 Å². The highest BCUT2D eigenvalue weighted by molar-refractivity contribution is 5.79. The zero-order valence-corrected chi connectivity index (χ0v) is 16.8. The molecule has 1 aliphatic carbocycles. The third kappa shape index (κ3) is 4.87. The first-order valence-corrected chi connectivity index (χ1v) is 9.94. The molecule has 4 atom stereocenters. The number of aliphatic hydroxyl groups is 4. The lowest BCUT2D eigenvalue weighted by atomic mass is 9.93. The zero-order valence-electron chi connectivity index (χ0n) is 16.8. The van der Waals surface area contributed by atoms with Crippen LogP contribution < -0.4 is 15.0 Å². The Morgan fingerprint density at radius 3 is 2.53 bits per heavy atom. The normalized spacial score (nSPS) is 31.2. The monoisotopic (exact) mass is 423 g/mol. The van der Waals surface area contributed by atoms with Gasteiger partial charge in [-0.15, -0.1) is 12.3 Å². The molecule has 0 amide bonds. The molecular weight excluding hydrogens is 394 g/mol. The Morgan fingerprint density at radius 2 is 1.93 bits per heavy atom. The van der Waals surface area contributed by atoms with Crippen LogP contribution in [0.25, 0.3) is 11.2 Å². The summed E-state index contributed by atoms with van der Waals surface area (Å²) in [6.45, 7) is 4.03. The number of fused-ring (bicyclic) bond motifs is 1. The largest absolute Gasteiger partial charge is 0.876 e. The van der Waals surface area contributed by atoms with Crippen molar-refractivity contribution in [3.63, 3.8) is 0 Å². The molecule has 6 N–H and O–H groups in total. The van der Waals surface area contributed by atoms with E-state index >= 15 is 0 Å². The number of ether oxygens (including phenoxy) is 1. The molecule has 4 rings (SSSR count). The number of aliphatic hydroxyl groups excluding tert-OH is 4. The molecule has 2 aliphatic rings. The van der Waals surface area contributed by atoms with Gasteiger partial charge in [0.1, 0.15) is 18.3 Å². The SMILES string of the molecule is C=C(C)[O-].OC[C@H]1O[C@@H]([n+]2c[nH]c3c(NC4CCC(O)CC4)ncnc32)[C@@H](O)[C@H]1O. The van der Waals surface area contributed by atoms with E-state index in [9.17, 15) is 25.5 Å². The summed E-state index contributed by atoms with van der Waals surface area (Å²) in [6, 6.07) is 0.224. The van der Waals surface area contributed by atoms with Gasteiger partial charge in [0.25, 0.3) is 0 Å². The van der Waals surface area contributed by atoms with Crippen LogP contribution >= 0.6 is 0 Å². The molecule has 0 bridgehead atoms. The van der Waals surface area contributed by atoms with Gasteiger partial charge >= 0.3 is 5.65 Å². The highest BCUT2D eigenvalue weighted by atomic mass is 16.6. The fraction of sp³-hybridized carbons (Fsp3) is 0.632. The third-order valence-corrected chi connectivity index (χ3v) is 5.25. The number of aromatic nitrogens is 4. The Hall–Kier alpha value is -2.31. The maximum absolute atomic E-state index is 10.2. The molecule has 0 aromatic carbocycles. The number of allylic oxidation sites excluding steroid dienone is 1. The average molecular weight is 423 g/mol. The second-order valence-corrected chi connectivity index (χ2v) is 7.68.